The zero-order valence-electron chi connectivity index (χ0n) is 11.7. The van der Waals surface area contributed by atoms with Gasteiger partial charge in [-0.1, -0.05) is 23.7 Å². The van der Waals surface area contributed by atoms with E-state index in [1.165, 1.54) is 18.5 Å². The summed E-state index contributed by atoms with van der Waals surface area (Å²) < 4.78 is 12.9. The Hall–Kier alpha value is -1.92. The molecule has 0 saturated heterocycles. The Morgan fingerprint density at radius 1 is 1.29 bits per heavy atom. The van der Waals surface area contributed by atoms with E-state index in [2.05, 4.69) is 20.6 Å². The molecule has 0 spiro atoms. The van der Waals surface area contributed by atoms with Gasteiger partial charge in [-0.2, -0.15) is 0 Å². The van der Waals surface area contributed by atoms with Gasteiger partial charge in [-0.25, -0.2) is 14.4 Å². The number of benzene rings is 1. The van der Waals surface area contributed by atoms with E-state index in [1.54, 1.807) is 26.1 Å². The lowest BCUT2D eigenvalue weighted by Gasteiger charge is -2.25. The molecule has 2 aromatic rings. The Kier molecular flexibility index (Phi) is 4.59. The average Bonchev–Trinajstić information content (AvgIpc) is 2.46. The first kappa shape index (κ1) is 15.5. The second kappa shape index (κ2) is 6.24. The number of hydrogen-bond acceptors (Lipinski definition) is 5. The number of rotatable bonds is 5. The number of aromatic nitrogens is 2. The third kappa shape index (κ3) is 3.59. The first-order valence-electron chi connectivity index (χ1n) is 6.34. The Morgan fingerprint density at radius 3 is 2.57 bits per heavy atom. The molecule has 7 heteroatoms. The van der Waals surface area contributed by atoms with Crippen LogP contribution in [0.15, 0.2) is 30.6 Å². The summed E-state index contributed by atoms with van der Waals surface area (Å²) in [6.07, 6.45) is 1.33. The van der Waals surface area contributed by atoms with Crippen molar-refractivity contribution >= 4 is 23.1 Å². The summed E-state index contributed by atoms with van der Waals surface area (Å²) in [5, 5.41) is 16.7. The standard InChI is InChI=1S/C14H16ClFN4O/c1-14(21,9-3-5-10(16)6-4-9)7-18-13-11(17-2)12(15)19-8-20-13/h3-6,8,17,21H,7H2,1-2H3,(H,18,19,20). The second-order valence-electron chi connectivity index (χ2n) is 4.77. The highest BCUT2D eigenvalue weighted by Crippen LogP contribution is 2.27. The van der Waals surface area contributed by atoms with Gasteiger partial charge in [0.25, 0.3) is 0 Å². The molecule has 112 valence electrons. The van der Waals surface area contributed by atoms with Crippen molar-refractivity contribution in [3.63, 3.8) is 0 Å². The monoisotopic (exact) mass is 310 g/mol. The number of hydrogen-bond donors (Lipinski definition) is 3. The number of nitrogens with one attached hydrogen (secondary N) is 2. The molecule has 0 saturated carbocycles. The molecule has 0 bridgehead atoms. The number of aliphatic hydroxyl groups is 1. The molecule has 5 nitrogen and oxygen atoms in total. The van der Waals surface area contributed by atoms with Gasteiger partial charge >= 0.3 is 0 Å². The summed E-state index contributed by atoms with van der Waals surface area (Å²) in [5.74, 6) is 0.141. The van der Waals surface area contributed by atoms with Crippen molar-refractivity contribution in [1.29, 1.82) is 0 Å². The minimum atomic E-state index is -1.18. The predicted octanol–water partition coefficient (Wildman–Crippen LogP) is 2.63. The van der Waals surface area contributed by atoms with E-state index in [1.807, 2.05) is 0 Å². The van der Waals surface area contributed by atoms with Crippen LogP contribution in [-0.2, 0) is 5.60 Å². The van der Waals surface area contributed by atoms with Crippen molar-refractivity contribution in [2.75, 3.05) is 24.2 Å². The van der Waals surface area contributed by atoms with Crippen LogP contribution in [-0.4, -0.2) is 28.7 Å². The summed E-state index contributed by atoms with van der Waals surface area (Å²) >= 11 is 5.96. The molecule has 0 radical (unpaired) electrons. The number of halogens is 2. The van der Waals surface area contributed by atoms with E-state index in [9.17, 15) is 9.50 Å². The molecule has 2 rings (SSSR count). The smallest absolute Gasteiger partial charge is 0.157 e. The van der Waals surface area contributed by atoms with Crippen LogP contribution in [0.1, 0.15) is 12.5 Å². The Morgan fingerprint density at radius 2 is 1.95 bits per heavy atom. The first-order chi connectivity index (χ1) is 9.94. The van der Waals surface area contributed by atoms with E-state index in [0.29, 0.717) is 17.1 Å². The summed E-state index contributed by atoms with van der Waals surface area (Å²) in [6.45, 7) is 1.82. The molecular formula is C14H16ClFN4O. The summed E-state index contributed by atoms with van der Waals surface area (Å²) in [7, 11) is 1.70. The van der Waals surface area contributed by atoms with Gasteiger partial charge in [0.05, 0.1) is 0 Å². The van der Waals surface area contributed by atoms with E-state index >= 15 is 0 Å². The van der Waals surface area contributed by atoms with Crippen LogP contribution < -0.4 is 10.6 Å². The summed E-state index contributed by atoms with van der Waals surface area (Å²) in [6, 6.07) is 5.71. The number of nitrogens with zero attached hydrogens (tertiary/aromatic N) is 2. The van der Waals surface area contributed by atoms with Crippen molar-refractivity contribution in [3.8, 4) is 0 Å². The van der Waals surface area contributed by atoms with Gasteiger partial charge in [0.1, 0.15) is 23.4 Å². The van der Waals surface area contributed by atoms with E-state index < -0.39 is 5.60 Å². The van der Waals surface area contributed by atoms with Gasteiger partial charge in [-0.3, -0.25) is 0 Å². The maximum atomic E-state index is 12.9. The van der Waals surface area contributed by atoms with Gasteiger partial charge in [0.2, 0.25) is 0 Å². The maximum absolute atomic E-state index is 12.9. The molecular weight excluding hydrogens is 295 g/mol. The molecule has 1 atom stereocenters. The minimum absolute atomic E-state index is 0.181. The third-order valence-corrected chi connectivity index (χ3v) is 3.40. The van der Waals surface area contributed by atoms with Crippen molar-refractivity contribution in [2.45, 2.75) is 12.5 Å². The van der Waals surface area contributed by atoms with E-state index in [4.69, 9.17) is 11.6 Å². The maximum Gasteiger partial charge on any atom is 0.157 e. The number of anilines is 2. The highest BCUT2D eigenvalue weighted by Gasteiger charge is 2.23. The van der Waals surface area contributed by atoms with Crippen LogP contribution in [0, 0.1) is 5.82 Å². The van der Waals surface area contributed by atoms with Gasteiger partial charge in [0, 0.05) is 13.6 Å². The van der Waals surface area contributed by atoms with Crippen LogP contribution in [0.5, 0.6) is 0 Å². The third-order valence-electron chi connectivity index (χ3n) is 3.12. The van der Waals surface area contributed by atoms with Gasteiger partial charge in [-0.15, -0.1) is 0 Å². The molecule has 0 aliphatic rings. The van der Waals surface area contributed by atoms with Crippen LogP contribution in [0.25, 0.3) is 0 Å². The fourth-order valence-electron chi connectivity index (χ4n) is 1.89. The van der Waals surface area contributed by atoms with E-state index in [0.717, 1.165) is 0 Å². The topological polar surface area (TPSA) is 70.1 Å². The molecule has 21 heavy (non-hydrogen) atoms. The fourth-order valence-corrected chi connectivity index (χ4v) is 2.11. The molecule has 0 aliphatic heterocycles. The molecule has 0 fully saturated rings. The fraction of sp³-hybridized carbons (Fsp3) is 0.286. The van der Waals surface area contributed by atoms with Gasteiger partial charge < -0.3 is 15.7 Å². The summed E-state index contributed by atoms with van der Waals surface area (Å²) in [4.78, 5) is 7.95. The van der Waals surface area contributed by atoms with Gasteiger partial charge in [-0.05, 0) is 24.6 Å². The lowest BCUT2D eigenvalue weighted by molar-refractivity contribution is 0.0714. The summed E-state index contributed by atoms with van der Waals surface area (Å²) in [5.41, 5.74) is -0.0347. The van der Waals surface area contributed by atoms with Crippen molar-refractivity contribution in [2.24, 2.45) is 0 Å². The Balaban J connectivity index is 2.15. The van der Waals surface area contributed by atoms with E-state index in [-0.39, 0.29) is 17.5 Å². The zero-order valence-corrected chi connectivity index (χ0v) is 12.4. The molecule has 3 N–H and O–H groups in total. The lowest BCUT2D eigenvalue weighted by Crippen LogP contribution is -2.31. The van der Waals surface area contributed by atoms with Crippen LogP contribution in [0.4, 0.5) is 15.9 Å². The SMILES string of the molecule is CNc1c(Cl)ncnc1NCC(C)(O)c1ccc(F)cc1. The predicted molar refractivity (Wildman–Crippen MR) is 81.0 cm³/mol. The van der Waals surface area contributed by atoms with Crippen molar-refractivity contribution in [3.05, 3.63) is 47.1 Å². The highest BCUT2D eigenvalue weighted by atomic mass is 35.5. The first-order valence-corrected chi connectivity index (χ1v) is 6.72. The molecule has 1 unspecified atom stereocenters. The van der Waals surface area contributed by atoms with Crippen LogP contribution in [0.2, 0.25) is 5.15 Å². The highest BCUT2D eigenvalue weighted by molar-refractivity contribution is 6.32. The largest absolute Gasteiger partial charge is 0.384 e. The molecule has 1 heterocycles. The van der Waals surface area contributed by atoms with Crippen LogP contribution >= 0.6 is 11.6 Å². The molecule has 0 amide bonds. The molecule has 1 aromatic heterocycles. The second-order valence-corrected chi connectivity index (χ2v) is 5.13. The normalized spacial score (nSPS) is 13.6. The minimum Gasteiger partial charge on any atom is -0.384 e. The van der Waals surface area contributed by atoms with Gasteiger partial charge in [0.15, 0.2) is 11.0 Å². The molecule has 0 aliphatic carbocycles. The quantitative estimate of drug-likeness (QED) is 0.741. The van der Waals surface area contributed by atoms with Crippen molar-refractivity contribution < 1.29 is 9.50 Å². The van der Waals surface area contributed by atoms with Crippen molar-refractivity contribution in [1.82, 2.24) is 9.97 Å². The lowest BCUT2D eigenvalue weighted by atomic mass is 9.96. The zero-order chi connectivity index (χ0) is 15.5. The van der Waals surface area contributed by atoms with Crippen LogP contribution in [0.3, 0.4) is 0 Å². The Bertz CT molecular complexity index is 619. The average molecular weight is 311 g/mol. The Labute approximate surface area is 127 Å². The molecule has 1 aromatic carbocycles.